The Hall–Kier alpha value is -1.02. The largest absolute Gasteiger partial charge is 0.497 e. The number of nitrogens with two attached hydrogens (primary N) is 1. The Labute approximate surface area is 85.1 Å². The van der Waals surface area contributed by atoms with Crippen LogP contribution in [0, 0.1) is 0 Å². The zero-order valence-electron chi connectivity index (χ0n) is 8.84. The molecular formula is C12H17NO. The van der Waals surface area contributed by atoms with Gasteiger partial charge in [-0.2, -0.15) is 0 Å². The minimum Gasteiger partial charge on any atom is -0.497 e. The number of aryl methyl sites for hydroxylation is 1. The molecule has 0 radical (unpaired) electrons. The Morgan fingerprint density at radius 2 is 2.14 bits per heavy atom. The number of methoxy groups -OCH3 is 1. The number of ether oxygens (including phenoxy) is 1. The number of rotatable bonds is 2. The summed E-state index contributed by atoms with van der Waals surface area (Å²) in [5.41, 5.74) is 10.1. The first-order valence-electron chi connectivity index (χ1n) is 5.17. The zero-order chi connectivity index (χ0) is 10.1. The highest BCUT2D eigenvalue weighted by atomic mass is 16.5. The Balaban J connectivity index is 2.52. The SMILES string of the molecule is COc1cc2c(c([C@H](C)N)c1)CCC2. The molecule has 2 rings (SSSR count). The first kappa shape index (κ1) is 9.53. The standard InChI is InChI=1S/C12H17NO/c1-8(13)12-7-10(14-2)6-9-4-3-5-11(9)12/h6-8H,3-5,13H2,1-2H3/t8-/m0/s1. The molecule has 0 aromatic heterocycles. The van der Waals surface area contributed by atoms with Crippen LogP contribution in [0.2, 0.25) is 0 Å². The van der Waals surface area contributed by atoms with Gasteiger partial charge in [0.15, 0.2) is 0 Å². The number of hydrogen-bond donors (Lipinski definition) is 1. The Morgan fingerprint density at radius 3 is 2.79 bits per heavy atom. The van der Waals surface area contributed by atoms with Crippen molar-refractivity contribution >= 4 is 0 Å². The van der Waals surface area contributed by atoms with Crippen LogP contribution in [0.3, 0.4) is 0 Å². The summed E-state index contributed by atoms with van der Waals surface area (Å²) in [6, 6.07) is 4.33. The molecule has 14 heavy (non-hydrogen) atoms. The fourth-order valence-electron chi connectivity index (χ4n) is 2.23. The summed E-state index contributed by atoms with van der Waals surface area (Å²) in [6.07, 6.45) is 3.60. The van der Waals surface area contributed by atoms with Crippen LogP contribution in [-0.2, 0) is 12.8 Å². The second kappa shape index (κ2) is 3.62. The Bertz CT molecular complexity index is 344. The van der Waals surface area contributed by atoms with Crippen LogP contribution < -0.4 is 10.5 Å². The van der Waals surface area contributed by atoms with E-state index in [0.717, 1.165) is 5.75 Å². The predicted molar refractivity (Wildman–Crippen MR) is 57.6 cm³/mol. The molecular weight excluding hydrogens is 174 g/mol. The monoisotopic (exact) mass is 191 g/mol. The summed E-state index contributed by atoms with van der Waals surface area (Å²) < 4.78 is 5.27. The minimum atomic E-state index is 0.108. The van der Waals surface area contributed by atoms with Crippen LogP contribution in [0.15, 0.2) is 12.1 Å². The normalized spacial score (nSPS) is 16.5. The van der Waals surface area contributed by atoms with Crippen molar-refractivity contribution in [3.05, 3.63) is 28.8 Å². The molecule has 1 aromatic carbocycles. The molecule has 0 spiro atoms. The van der Waals surface area contributed by atoms with E-state index in [2.05, 4.69) is 12.1 Å². The van der Waals surface area contributed by atoms with Crippen LogP contribution in [0.5, 0.6) is 5.75 Å². The molecule has 1 atom stereocenters. The lowest BCUT2D eigenvalue weighted by atomic mass is 9.98. The third-order valence-electron chi connectivity index (χ3n) is 2.95. The molecule has 0 heterocycles. The van der Waals surface area contributed by atoms with Crippen molar-refractivity contribution in [2.24, 2.45) is 5.73 Å². The smallest absolute Gasteiger partial charge is 0.119 e. The molecule has 0 bridgehead atoms. The maximum absolute atomic E-state index is 5.95. The summed E-state index contributed by atoms with van der Waals surface area (Å²) in [7, 11) is 1.71. The van der Waals surface area contributed by atoms with Crippen LogP contribution in [-0.4, -0.2) is 7.11 Å². The van der Waals surface area contributed by atoms with Crippen LogP contribution >= 0.6 is 0 Å². The third kappa shape index (κ3) is 1.50. The van der Waals surface area contributed by atoms with E-state index in [0.29, 0.717) is 0 Å². The molecule has 0 unspecified atom stereocenters. The van der Waals surface area contributed by atoms with E-state index in [1.54, 1.807) is 7.11 Å². The summed E-state index contributed by atoms with van der Waals surface area (Å²) in [5, 5.41) is 0. The molecule has 2 heteroatoms. The van der Waals surface area contributed by atoms with E-state index in [1.807, 2.05) is 6.92 Å². The molecule has 0 saturated carbocycles. The second-order valence-corrected chi connectivity index (χ2v) is 4.00. The van der Waals surface area contributed by atoms with E-state index in [-0.39, 0.29) is 6.04 Å². The molecule has 0 saturated heterocycles. The van der Waals surface area contributed by atoms with E-state index in [4.69, 9.17) is 10.5 Å². The van der Waals surface area contributed by atoms with Gasteiger partial charge in [0.05, 0.1) is 7.11 Å². The van der Waals surface area contributed by atoms with Gasteiger partial charge in [-0.3, -0.25) is 0 Å². The molecule has 1 aliphatic carbocycles. The minimum absolute atomic E-state index is 0.108. The quantitative estimate of drug-likeness (QED) is 0.777. The maximum Gasteiger partial charge on any atom is 0.119 e. The molecule has 0 fully saturated rings. The summed E-state index contributed by atoms with van der Waals surface area (Å²) >= 11 is 0. The molecule has 0 amide bonds. The number of fused-ring (bicyclic) bond motifs is 1. The molecule has 0 aliphatic heterocycles. The summed E-state index contributed by atoms with van der Waals surface area (Å²) in [6.45, 7) is 2.04. The van der Waals surface area contributed by atoms with Crippen molar-refractivity contribution in [1.29, 1.82) is 0 Å². The molecule has 2 N–H and O–H groups in total. The van der Waals surface area contributed by atoms with Gasteiger partial charge in [-0.05, 0) is 55.0 Å². The first-order chi connectivity index (χ1) is 6.72. The second-order valence-electron chi connectivity index (χ2n) is 4.00. The van der Waals surface area contributed by atoms with Crippen molar-refractivity contribution in [1.82, 2.24) is 0 Å². The Morgan fingerprint density at radius 1 is 1.36 bits per heavy atom. The van der Waals surface area contributed by atoms with Gasteiger partial charge in [-0.15, -0.1) is 0 Å². The lowest BCUT2D eigenvalue weighted by Gasteiger charge is -2.14. The van der Waals surface area contributed by atoms with Crippen LogP contribution in [0.1, 0.15) is 36.1 Å². The van der Waals surface area contributed by atoms with E-state index >= 15 is 0 Å². The Kier molecular flexibility index (Phi) is 2.46. The van der Waals surface area contributed by atoms with E-state index < -0.39 is 0 Å². The fourth-order valence-corrected chi connectivity index (χ4v) is 2.23. The third-order valence-corrected chi connectivity index (χ3v) is 2.95. The van der Waals surface area contributed by atoms with Crippen LogP contribution in [0.4, 0.5) is 0 Å². The lowest BCUT2D eigenvalue weighted by Crippen LogP contribution is -2.08. The molecule has 2 nitrogen and oxygen atoms in total. The van der Waals surface area contributed by atoms with Gasteiger partial charge < -0.3 is 10.5 Å². The van der Waals surface area contributed by atoms with Crippen molar-refractivity contribution < 1.29 is 4.74 Å². The van der Waals surface area contributed by atoms with Gasteiger partial charge in [0.25, 0.3) is 0 Å². The number of hydrogen-bond acceptors (Lipinski definition) is 2. The molecule has 1 aliphatic rings. The van der Waals surface area contributed by atoms with E-state index in [1.165, 1.54) is 36.0 Å². The average molecular weight is 191 g/mol. The van der Waals surface area contributed by atoms with Gasteiger partial charge in [0.2, 0.25) is 0 Å². The number of benzene rings is 1. The van der Waals surface area contributed by atoms with Crippen molar-refractivity contribution in [2.45, 2.75) is 32.2 Å². The van der Waals surface area contributed by atoms with Gasteiger partial charge in [0, 0.05) is 6.04 Å². The predicted octanol–water partition coefficient (Wildman–Crippen LogP) is 2.20. The van der Waals surface area contributed by atoms with Gasteiger partial charge in [0.1, 0.15) is 5.75 Å². The summed E-state index contributed by atoms with van der Waals surface area (Å²) in [5.74, 6) is 0.943. The van der Waals surface area contributed by atoms with Crippen molar-refractivity contribution in [3.8, 4) is 5.75 Å². The highest BCUT2D eigenvalue weighted by Crippen LogP contribution is 2.32. The van der Waals surface area contributed by atoms with Gasteiger partial charge in [-0.25, -0.2) is 0 Å². The topological polar surface area (TPSA) is 35.2 Å². The highest BCUT2D eigenvalue weighted by Gasteiger charge is 2.18. The first-order valence-corrected chi connectivity index (χ1v) is 5.17. The highest BCUT2D eigenvalue weighted by molar-refractivity contribution is 5.45. The van der Waals surface area contributed by atoms with Crippen LogP contribution in [0.25, 0.3) is 0 Å². The molecule has 1 aromatic rings. The summed E-state index contributed by atoms with van der Waals surface area (Å²) in [4.78, 5) is 0. The van der Waals surface area contributed by atoms with E-state index in [9.17, 15) is 0 Å². The average Bonchev–Trinajstić information content (AvgIpc) is 2.63. The van der Waals surface area contributed by atoms with Crippen molar-refractivity contribution in [3.63, 3.8) is 0 Å². The zero-order valence-corrected chi connectivity index (χ0v) is 8.84. The fraction of sp³-hybridized carbons (Fsp3) is 0.500. The van der Waals surface area contributed by atoms with Gasteiger partial charge >= 0.3 is 0 Å². The van der Waals surface area contributed by atoms with Gasteiger partial charge in [-0.1, -0.05) is 0 Å². The van der Waals surface area contributed by atoms with Crippen molar-refractivity contribution in [2.75, 3.05) is 7.11 Å². The lowest BCUT2D eigenvalue weighted by molar-refractivity contribution is 0.413. The molecule has 76 valence electrons. The maximum atomic E-state index is 5.95.